The lowest BCUT2D eigenvalue weighted by atomic mass is 10.1. The number of hydrogen-bond donors (Lipinski definition) is 0. The average Bonchev–Trinajstić information content (AvgIpc) is 2.43. The molecular weight excluding hydrogens is 304 g/mol. The molecule has 0 unspecified atom stereocenters. The Balaban J connectivity index is 1.74. The summed E-state index contributed by atoms with van der Waals surface area (Å²) in [5, 5.41) is 0. The summed E-state index contributed by atoms with van der Waals surface area (Å²) >= 11 is 3.37. The molecule has 0 aromatic heterocycles. The molecule has 0 heterocycles. The monoisotopic (exact) mass is 318 g/mol. The van der Waals surface area contributed by atoms with Crippen LogP contribution in [0.1, 0.15) is 12.0 Å². The van der Waals surface area contributed by atoms with Gasteiger partial charge in [-0.05, 0) is 29.8 Å². The maximum Gasteiger partial charge on any atom is 0.140 e. The topological polar surface area (TPSA) is 26.3 Å². The van der Waals surface area contributed by atoms with Gasteiger partial charge in [0.2, 0.25) is 0 Å². The van der Waals surface area contributed by atoms with Crippen molar-refractivity contribution in [3.63, 3.8) is 0 Å². The molecule has 0 spiro atoms. The number of ether oxygens (including phenoxy) is 1. The number of hydrogen-bond acceptors (Lipinski definition) is 2. The second-order valence-electron chi connectivity index (χ2n) is 4.25. The standard InChI is InChI=1S/C16H15BrO2/c17-14-8-6-13(7-9-14)12-15(18)10-11-19-16-4-2-1-3-5-16/h1-9H,10-12H2. The van der Waals surface area contributed by atoms with Crippen LogP contribution in [0.2, 0.25) is 0 Å². The van der Waals surface area contributed by atoms with Gasteiger partial charge in [0.1, 0.15) is 11.5 Å². The molecule has 19 heavy (non-hydrogen) atoms. The van der Waals surface area contributed by atoms with Crippen molar-refractivity contribution in [2.45, 2.75) is 12.8 Å². The molecule has 0 aliphatic heterocycles. The minimum atomic E-state index is 0.193. The lowest BCUT2D eigenvalue weighted by Crippen LogP contribution is -2.08. The smallest absolute Gasteiger partial charge is 0.140 e. The van der Waals surface area contributed by atoms with Crippen LogP contribution in [0, 0.1) is 0 Å². The van der Waals surface area contributed by atoms with Crippen molar-refractivity contribution >= 4 is 21.7 Å². The van der Waals surface area contributed by atoms with Crippen molar-refractivity contribution in [2.75, 3.05) is 6.61 Å². The molecule has 0 saturated carbocycles. The van der Waals surface area contributed by atoms with Crippen LogP contribution in [0.4, 0.5) is 0 Å². The number of carbonyl (C=O) groups is 1. The van der Waals surface area contributed by atoms with Gasteiger partial charge in [0.25, 0.3) is 0 Å². The quantitative estimate of drug-likeness (QED) is 0.803. The number of rotatable bonds is 6. The molecule has 0 bridgehead atoms. The van der Waals surface area contributed by atoms with Gasteiger partial charge in [-0.2, -0.15) is 0 Å². The Labute approximate surface area is 121 Å². The number of benzene rings is 2. The van der Waals surface area contributed by atoms with Gasteiger partial charge in [-0.25, -0.2) is 0 Å². The summed E-state index contributed by atoms with van der Waals surface area (Å²) in [6, 6.07) is 17.4. The van der Waals surface area contributed by atoms with Crippen LogP contribution in [0.5, 0.6) is 5.75 Å². The molecule has 3 heteroatoms. The molecule has 2 rings (SSSR count). The lowest BCUT2D eigenvalue weighted by Gasteiger charge is -2.05. The molecule has 2 aromatic rings. The van der Waals surface area contributed by atoms with E-state index in [1.807, 2.05) is 54.6 Å². The third kappa shape index (κ3) is 4.87. The Morgan fingerprint density at radius 2 is 1.68 bits per heavy atom. The number of para-hydroxylation sites is 1. The van der Waals surface area contributed by atoms with Gasteiger partial charge in [0, 0.05) is 17.3 Å². The Bertz CT molecular complexity index is 520. The Hall–Kier alpha value is -1.61. The van der Waals surface area contributed by atoms with Gasteiger partial charge in [0.05, 0.1) is 6.61 Å². The van der Waals surface area contributed by atoms with E-state index in [0.717, 1.165) is 15.8 Å². The van der Waals surface area contributed by atoms with E-state index in [1.165, 1.54) is 0 Å². The van der Waals surface area contributed by atoms with Crippen LogP contribution >= 0.6 is 15.9 Å². The zero-order valence-electron chi connectivity index (χ0n) is 10.5. The number of ketones is 1. The van der Waals surface area contributed by atoms with Crippen LogP contribution < -0.4 is 4.74 Å². The first kappa shape index (κ1) is 13.8. The van der Waals surface area contributed by atoms with Crippen molar-refractivity contribution in [3.05, 3.63) is 64.6 Å². The van der Waals surface area contributed by atoms with Crippen molar-refractivity contribution in [1.29, 1.82) is 0 Å². The number of Topliss-reactive ketones (excluding diaryl/α,β-unsaturated/α-hetero) is 1. The van der Waals surface area contributed by atoms with E-state index in [-0.39, 0.29) is 5.78 Å². The highest BCUT2D eigenvalue weighted by atomic mass is 79.9. The van der Waals surface area contributed by atoms with Gasteiger partial charge in [-0.15, -0.1) is 0 Å². The predicted molar refractivity (Wildman–Crippen MR) is 79.4 cm³/mol. The van der Waals surface area contributed by atoms with E-state index in [9.17, 15) is 4.79 Å². The molecule has 2 nitrogen and oxygen atoms in total. The van der Waals surface area contributed by atoms with Crippen LogP contribution in [-0.2, 0) is 11.2 Å². The van der Waals surface area contributed by atoms with Gasteiger partial charge in [-0.3, -0.25) is 4.79 Å². The van der Waals surface area contributed by atoms with Crippen molar-refractivity contribution in [2.24, 2.45) is 0 Å². The van der Waals surface area contributed by atoms with Gasteiger partial charge >= 0.3 is 0 Å². The molecule has 2 aromatic carbocycles. The average molecular weight is 319 g/mol. The second kappa shape index (κ2) is 7.10. The van der Waals surface area contributed by atoms with Crippen molar-refractivity contribution in [3.8, 4) is 5.75 Å². The maximum atomic E-state index is 11.8. The Morgan fingerprint density at radius 3 is 2.37 bits per heavy atom. The molecule has 0 fully saturated rings. The fourth-order valence-electron chi connectivity index (χ4n) is 1.72. The van der Waals surface area contributed by atoms with Crippen LogP contribution in [-0.4, -0.2) is 12.4 Å². The van der Waals surface area contributed by atoms with Crippen molar-refractivity contribution < 1.29 is 9.53 Å². The molecule has 98 valence electrons. The van der Waals surface area contributed by atoms with Crippen LogP contribution in [0.15, 0.2) is 59.1 Å². The number of halogens is 1. The zero-order chi connectivity index (χ0) is 13.5. The minimum absolute atomic E-state index is 0.193. The van der Waals surface area contributed by atoms with E-state index in [0.29, 0.717) is 19.4 Å². The van der Waals surface area contributed by atoms with Crippen molar-refractivity contribution in [1.82, 2.24) is 0 Å². The molecule has 0 radical (unpaired) electrons. The molecule has 0 atom stereocenters. The summed E-state index contributed by atoms with van der Waals surface area (Å²) in [7, 11) is 0. The van der Waals surface area contributed by atoms with Gasteiger partial charge < -0.3 is 4.74 Å². The first-order chi connectivity index (χ1) is 9.24. The molecule has 0 aliphatic rings. The summed E-state index contributed by atoms with van der Waals surface area (Å²) in [6.07, 6.45) is 0.899. The third-order valence-corrected chi connectivity index (χ3v) is 3.24. The molecule has 0 saturated heterocycles. The predicted octanol–water partition coefficient (Wildman–Crippen LogP) is 4.03. The van der Waals surface area contributed by atoms with Crippen LogP contribution in [0.25, 0.3) is 0 Å². The molecular formula is C16H15BrO2. The van der Waals surface area contributed by atoms with Crippen LogP contribution in [0.3, 0.4) is 0 Å². The van der Waals surface area contributed by atoms with Gasteiger partial charge in [0.15, 0.2) is 0 Å². The van der Waals surface area contributed by atoms with E-state index >= 15 is 0 Å². The third-order valence-electron chi connectivity index (χ3n) is 2.71. The molecule has 0 amide bonds. The first-order valence-electron chi connectivity index (χ1n) is 6.18. The summed E-state index contributed by atoms with van der Waals surface area (Å²) in [6.45, 7) is 0.430. The van der Waals surface area contributed by atoms with E-state index < -0.39 is 0 Å². The normalized spacial score (nSPS) is 10.2. The summed E-state index contributed by atoms with van der Waals surface area (Å²) < 4.78 is 6.53. The SMILES string of the molecule is O=C(CCOc1ccccc1)Cc1ccc(Br)cc1. The summed E-state index contributed by atoms with van der Waals surface area (Å²) in [4.78, 5) is 11.8. The zero-order valence-corrected chi connectivity index (χ0v) is 12.1. The van der Waals surface area contributed by atoms with E-state index in [2.05, 4.69) is 15.9 Å². The summed E-state index contributed by atoms with van der Waals surface area (Å²) in [5.41, 5.74) is 1.04. The largest absolute Gasteiger partial charge is 0.493 e. The highest BCUT2D eigenvalue weighted by Crippen LogP contribution is 2.12. The Morgan fingerprint density at radius 1 is 1.00 bits per heavy atom. The molecule has 0 aliphatic carbocycles. The van der Waals surface area contributed by atoms with E-state index in [4.69, 9.17) is 4.74 Å². The molecule has 0 N–H and O–H groups in total. The van der Waals surface area contributed by atoms with E-state index in [1.54, 1.807) is 0 Å². The van der Waals surface area contributed by atoms with Gasteiger partial charge in [-0.1, -0.05) is 46.3 Å². The minimum Gasteiger partial charge on any atom is -0.493 e. The lowest BCUT2D eigenvalue weighted by molar-refractivity contribution is -0.118. The maximum absolute atomic E-state index is 11.8. The number of carbonyl (C=O) groups excluding carboxylic acids is 1. The highest BCUT2D eigenvalue weighted by Gasteiger charge is 2.04. The summed E-state index contributed by atoms with van der Waals surface area (Å²) in [5.74, 6) is 0.997. The second-order valence-corrected chi connectivity index (χ2v) is 5.17. The fraction of sp³-hybridized carbons (Fsp3) is 0.188. The first-order valence-corrected chi connectivity index (χ1v) is 6.97. The highest BCUT2D eigenvalue weighted by molar-refractivity contribution is 9.10. The fourth-order valence-corrected chi connectivity index (χ4v) is 1.98. The Kier molecular flexibility index (Phi) is 5.16.